The van der Waals surface area contributed by atoms with Crippen LogP contribution in [0.15, 0.2) is 22.0 Å². The van der Waals surface area contributed by atoms with E-state index >= 15 is 0 Å². The predicted molar refractivity (Wildman–Crippen MR) is 56.3 cm³/mol. The van der Waals surface area contributed by atoms with Gasteiger partial charge in [-0.15, -0.1) is 0 Å². The smallest absolute Gasteiger partial charge is 0.327 e. The van der Waals surface area contributed by atoms with Gasteiger partial charge in [0, 0.05) is 12.4 Å². The zero-order valence-electron chi connectivity index (χ0n) is 7.78. The summed E-state index contributed by atoms with van der Waals surface area (Å²) in [5.74, 6) is 0. The maximum Gasteiger partial charge on any atom is 0.327 e. The predicted octanol–water partition coefficient (Wildman–Crippen LogP) is -1.84. The van der Waals surface area contributed by atoms with E-state index in [1.54, 1.807) is 0 Å². The third-order valence-electron chi connectivity index (χ3n) is 1.37. The Morgan fingerprint density at radius 1 is 1.19 bits per heavy atom. The van der Waals surface area contributed by atoms with Crippen LogP contribution >= 0.6 is 8.53 Å². The molecule has 2 aromatic rings. The molecule has 0 radical (unpaired) electrons. The van der Waals surface area contributed by atoms with Crippen molar-refractivity contribution >= 4 is 19.7 Å². The molecule has 0 aliphatic rings. The molecule has 0 bridgehead atoms. The number of aromatic nitrogens is 4. The van der Waals surface area contributed by atoms with E-state index in [4.69, 9.17) is 9.79 Å². The fourth-order valence-corrected chi connectivity index (χ4v) is 0.897. The maximum absolute atomic E-state index is 11.0. The van der Waals surface area contributed by atoms with Crippen molar-refractivity contribution in [1.29, 1.82) is 0 Å². The second-order valence-corrected chi connectivity index (χ2v) is 3.12. The van der Waals surface area contributed by atoms with E-state index in [0.29, 0.717) is 0 Å². The van der Waals surface area contributed by atoms with Gasteiger partial charge in [-0.2, -0.15) is 0 Å². The minimum absolute atomic E-state index is 0.136. The van der Waals surface area contributed by atoms with Crippen molar-refractivity contribution in [2.24, 2.45) is 5.50 Å². The number of hydrogen-bond donors (Lipinski definition) is 5. The molecule has 86 valence electrons. The van der Waals surface area contributed by atoms with Gasteiger partial charge in [-0.3, -0.25) is 20.3 Å². The summed E-state index contributed by atoms with van der Waals surface area (Å²) >= 11 is 0. The maximum atomic E-state index is 11.0. The number of H-pyrrole nitrogens is 2. The Morgan fingerprint density at radius 3 is 2.38 bits per heavy atom. The van der Waals surface area contributed by atoms with E-state index in [2.05, 4.69) is 20.5 Å². The van der Waals surface area contributed by atoms with Crippen molar-refractivity contribution in [3.8, 4) is 0 Å². The molecule has 0 spiro atoms. The van der Waals surface area contributed by atoms with Gasteiger partial charge in [-0.1, -0.05) is 0 Å². The number of nitrogens with two attached hydrogens (primary N) is 1. The van der Waals surface area contributed by atoms with Crippen LogP contribution in [0.1, 0.15) is 0 Å². The van der Waals surface area contributed by atoms with Crippen molar-refractivity contribution in [2.45, 2.75) is 0 Å². The Hall–Kier alpha value is -1.67. The largest absolute Gasteiger partial charge is 0.338 e. The van der Waals surface area contributed by atoms with Crippen LogP contribution in [0.25, 0.3) is 11.2 Å². The SMILES string of the molecule is NP(O)O.O=c1[nH]c(=O)c2nccnc2[nH]1. The van der Waals surface area contributed by atoms with Gasteiger partial charge in [0.15, 0.2) is 11.2 Å². The summed E-state index contributed by atoms with van der Waals surface area (Å²) in [5, 5.41) is 0. The molecule has 0 aromatic carbocycles. The van der Waals surface area contributed by atoms with Crippen LogP contribution in [-0.2, 0) is 0 Å². The van der Waals surface area contributed by atoms with Crippen LogP contribution in [-0.4, -0.2) is 29.7 Å². The molecule has 0 fully saturated rings. The molecule has 0 aliphatic heterocycles. The normalized spacial score (nSPS) is 10.0. The summed E-state index contributed by atoms with van der Waals surface area (Å²) in [6.07, 6.45) is 2.79. The minimum Gasteiger partial charge on any atom is -0.338 e. The molecule has 0 amide bonds. The zero-order valence-corrected chi connectivity index (χ0v) is 8.68. The van der Waals surface area contributed by atoms with Crippen LogP contribution < -0.4 is 16.8 Å². The first-order valence-corrected chi connectivity index (χ1v) is 5.18. The highest BCUT2D eigenvalue weighted by Crippen LogP contribution is 2.05. The average molecular weight is 245 g/mol. The van der Waals surface area contributed by atoms with Crippen LogP contribution in [0.3, 0.4) is 0 Å². The molecule has 9 nitrogen and oxygen atoms in total. The summed E-state index contributed by atoms with van der Waals surface area (Å²) < 4.78 is 0. The lowest BCUT2D eigenvalue weighted by Gasteiger charge is -1.90. The average Bonchev–Trinajstić information content (AvgIpc) is 2.16. The molecule has 0 aliphatic carbocycles. The van der Waals surface area contributed by atoms with Gasteiger partial charge in [0.05, 0.1) is 0 Å². The number of rotatable bonds is 0. The molecular formula is C6H8N5O4P. The Bertz CT molecular complexity index is 576. The molecule has 0 atom stereocenters. The monoisotopic (exact) mass is 245 g/mol. The summed E-state index contributed by atoms with van der Waals surface area (Å²) in [6.45, 7) is 0. The van der Waals surface area contributed by atoms with Crippen LogP contribution in [0.2, 0.25) is 0 Å². The molecule has 2 heterocycles. The van der Waals surface area contributed by atoms with E-state index in [1.165, 1.54) is 12.4 Å². The number of nitrogens with zero attached hydrogens (tertiary/aromatic N) is 2. The highest BCUT2D eigenvalue weighted by molar-refractivity contribution is 7.42. The second-order valence-electron chi connectivity index (χ2n) is 2.48. The number of aromatic amines is 2. The van der Waals surface area contributed by atoms with Gasteiger partial charge in [-0.25, -0.2) is 14.8 Å². The lowest BCUT2D eigenvalue weighted by molar-refractivity contribution is 0.485. The van der Waals surface area contributed by atoms with Crippen molar-refractivity contribution in [2.75, 3.05) is 0 Å². The lowest BCUT2D eigenvalue weighted by atomic mass is 10.5. The molecule has 6 N–H and O–H groups in total. The highest BCUT2D eigenvalue weighted by atomic mass is 31.2. The Morgan fingerprint density at radius 2 is 1.75 bits per heavy atom. The Labute approximate surface area is 89.0 Å². The number of hydrogen-bond acceptors (Lipinski definition) is 7. The van der Waals surface area contributed by atoms with E-state index in [9.17, 15) is 9.59 Å². The summed E-state index contributed by atoms with van der Waals surface area (Å²) in [6, 6.07) is 0. The summed E-state index contributed by atoms with van der Waals surface area (Å²) in [5.41, 5.74) is 3.52. The Kier molecular flexibility index (Phi) is 4.20. The van der Waals surface area contributed by atoms with Crippen molar-refractivity contribution < 1.29 is 9.79 Å². The van der Waals surface area contributed by atoms with Crippen molar-refractivity contribution in [3.05, 3.63) is 33.2 Å². The van der Waals surface area contributed by atoms with E-state index in [-0.39, 0.29) is 11.2 Å². The third kappa shape index (κ3) is 3.48. The molecular weight excluding hydrogens is 237 g/mol. The summed E-state index contributed by atoms with van der Waals surface area (Å²) in [4.78, 5) is 48.6. The molecule has 0 unspecified atom stereocenters. The Balaban J connectivity index is 0.000000280. The summed E-state index contributed by atoms with van der Waals surface area (Å²) in [7, 11) is -2.12. The van der Waals surface area contributed by atoms with E-state index in [0.717, 1.165) is 0 Å². The van der Waals surface area contributed by atoms with Crippen LogP contribution in [0.5, 0.6) is 0 Å². The molecule has 10 heteroatoms. The topological polar surface area (TPSA) is 158 Å². The van der Waals surface area contributed by atoms with Gasteiger partial charge >= 0.3 is 5.69 Å². The second kappa shape index (κ2) is 5.42. The van der Waals surface area contributed by atoms with Crippen molar-refractivity contribution in [3.63, 3.8) is 0 Å². The van der Waals surface area contributed by atoms with Crippen LogP contribution in [0.4, 0.5) is 0 Å². The number of nitrogens with one attached hydrogen (secondary N) is 2. The first-order valence-electron chi connectivity index (χ1n) is 3.86. The van der Waals surface area contributed by atoms with Crippen molar-refractivity contribution in [1.82, 2.24) is 19.9 Å². The number of fused-ring (bicyclic) bond motifs is 1. The third-order valence-corrected chi connectivity index (χ3v) is 1.37. The first kappa shape index (κ1) is 12.4. The molecule has 2 rings (SSSR count). The highest BCUT2D eigenvalue weighted by Gasteiger charge is 1.99. The van der Waals surface area contributed by atoms with Gasteiger partial charge in [0.2, 0.25) is 8.53 Å². The fraction of sp³-hybridized carbons (Fsp3) is 0. The molecule has 0 saturated carbocycles. The molecule has 16 heavy (non-hydrogen) atoms. The first-order chi connectivity index (χ1) is 7.50. The molecule has 2 aromatic heterocycles. The van der Waals surface area contributed by atoms with Gasteiger partial charge in [-0.05, 0) is 0 Å². The van der Waals surface area contributed by atoms with Gasteiger partial charge in [0.1, 0.15) is 0 Å². The van der Waals surface area contributed by atoms with Gasteiger partial charge < -0.3 is 9.79 Å². The van der Waals surface area contributed by atoms with Gasteiger partial charge in [0.25, 0.3) is 5.56 Å². The lowest BCUT2D eigenvalue weighted by Crippen LogP contribution is -2.22. The minimum atomic E-state index is -2.12. The fourth-order valence-electron chi connectivity index (χ4n) is 0.897. The zero-order chi connectivity index (χ0) is 12.1. The van der Waals surface area contributed by atoms with E-state index < -0.39 is 19.8 Å². The van der Waals surface area contributed by atoms with Crippen LogP contribution in [0, 0.1) is 0 Å². The quantitative estimate of drug-likeness (QED) is 0.341. The standard InChI is InChI=1S/C6H4N4O2.H4NO2P/c11-5-3-4(8-2-1-7-3)9-6(12)10-5;1-4(2)3/h1-2H,(H2,8,9,10,11,12);2-3H,1H2. The van der Waals surface area contributed by atoms with E-state index in [1.807, 2.05) is 4.98 Å². The molecule has 0 saturated heterocycles.